The van der Waals surface area contributed by atoms with Crippen molar-refractivity contribution in [2.24, 2.45) is 0 Å². The van der Waals surface area contributed by atoms with Gasteiger partial charge in [0.05, 0.1) is 5.75 Å². The molecule has 1 atom stereocenters. The van der Waals surface area contributed by atoms with Crippen molar-refractivity contribution in [1.82, 2.24) is 4.31 Å². The minimum absolute atomic E-state index is 0.0616. The van der Waals surface area contributed by atoms with E-state index >= 15 is 0 Å². The summed E-state index contributed by atoms with van der Waals surface area (Å²) >= 11 is 1.54. The number of rotatable bonds is 8. The lowest BCUT2D eigenvalue weighted by atomic mass is 10.2. The number of nitrogen functional groups attached to an aromatic ring is 1. The van der Waals surface area contributed by atoms with Crippen molar-refractivity contribution in [1.29, 1.82) is 0 Å². The van der Waals surface area contributed by atoms with Crippen LogP contribution in [0.5, 0.6) is 0 Å². The Morgan fingerprint density at radius 3 is 2.45 bits per heavy atom. The van der Waals surface area contributed by atoms with Crippen LogP contribution in [0.3, 0.4) is 0 Å². The van der Waals surface area contributed by atoms with Gasteiger partial charge >= 0.3 is 0 Å². The highest BCUT2D eigenvalue weighted by molar-refractivity contribution is 8.00. The fourth-order valence-electron chi connectivity index (χ4n) is 1.85. The summed E-state index contributed by atoms with van der Waals surface area (Å²) in [4.78, 5) is 1.04. The van der Waals surface area contributed by atoms with Crippen LogP contribution in [0.2, 0.25) is 0 Å². The zero-order chi connectivity index (χ0) is 15.2. The van der Waals surface area contributed by atoms with Crippen LogP contribution in [-0.4, -0.2) is 37.3 Å². The molecule has 0 radical (unpaired) electrons. The predicted molar refractivity (Wildman–Crippen MR) is 87.5 cm³/mol. The van der Waals surface area contributed by atoms with Gasteiger partial charge in [0.25, 0.3) is 0 Å². The summed E-state index contributed by atoms with van der Waals surface area (Å²) in [6.45, 7) is 4.02. The van der Waals surface area contributed by atoms with Gasteiger partial charge in [-0.3, -0.25) is 0 Å². The number of benzene rings is 1. The first-order valence-corrected chi connectivity index (χ1v) is 9.40. The molecule has 0 amide bonds. The average molecular weight is 316 g/mol. The molecule has 0 aliphatic rings. The average Bonchev–Trinajstić information content (AvgIpc) is 2.40. The SMILES string of the molecule is CCCC(C)N(C)S(=O)(=O)CCSc1ccc(N)cc1. The largest absolute Gasteiger partial charge is 0.399 e. The standard InChI is InChI=1S/C14H24N2O2S2/c1-4-5-12(2)16(3)20(17,18)11-10-19-14-8-6-13(15)7-9-14/h6-9,12H,4-5,10-11,15H2,1-3H3. The Morgan fingerprint density at radius 2 is 1.90 bits per heavy atom. The molecule has 0 spiro atoms. The molecule has 0 bridgehead atoms. The van der Waals surface area contributed by atoms with E-state index in [-0.39, 0.29) is 11.8 Å². The summed E-state index contributed by atoms with van der Waals surface area (Å²) in [7, 11) is -1.50. The lowest BCUT2D eigenvalue weighted by Gasteiger charge is -2.23. The number of hydrogen-bond acceptors (Lipinski definition) is 4. The molecule has 1 aromatic rings. The summed E-state index contributed by atoms with van der Waals surface area (Å²) in [5.74, 6) is 0.710. The zero-order valence-electron chi connectivity index (χ0n) is 12.4. The van der Waals surface area contributed by atoms with E-state index < -0.39 is 10.0 Å². The summed E-state index contributed by atoms with van der Waals surface area (Å²) in [6.07, 6.45) is 1.88. The van der Waals surface area contributed by atoms with Crippen LogP contribution in [0.4, 0.5) is 5.69 Å². The molecule has 1 unspecified atom stereocenters. The molecule has 0 heterocycles. The molecule has 0 fully saturated rings. The Labute approximate surface area is 126 Å². The van der Waals surface area contributed by atoms with Gasteiger partial charge in [-0.15, -0.1) is 11.8 Å². The molecule has 1 aromatic carbocycles. The molecule has 0 aliphatic heterocycles. The van der Waals surface area contributed by atoms with Crippen LogP contribution < -0.4 is 5.73 Å². The smallest absolute Gasteiger partial charge is 0.214 e. The topological polar surface area (TPSA) is 63.4 Å². The van der Waals surface area contributed by atoms with Crippen LogP contribution >= 0.6 is 11.8 Å². The second-order valence-electron chi connectivity index (χ2n) is 4.89. The van der Waals surface area contributed by atoms with E-state index in [0.29, 0.717) is 5.75 Å². The second-order valence-corrected chi connectivity index (χ2v) is 8.20. The maximum atomic E-state index is 12.2. The number of thioether (sulfide) groups is 1. The maximum Gasteiger partial charge on any atom is 0.214 e. The van der Waals surface area contributed by atoms with Crippen LogP contribution in [-0.2, 0) is 10.0 Å². The third-order valence-corrected chi connectivity index (χ3v) is 6.49. The molecule has 20 heavy (non-hydrogen) atoms. The maximum absolute atomic E-state index is 12.2. The van der Waals surface area contributed by atoms with E-state index in [1.165, 1.54) is 16.1 Å². The van der Waals surface area contributed by atoms with Gasteiger partial charge < -0.3 is 5.73 Å². The van der Waals surface area contributed by atoms with Crippen molar-refractivity contribution in [3.63, 3.8) is 0 Å². The van der Waals surface area contributed by atoms with Crippen molar-refractivity contribution in [3.8, 4) is 0 Å². The lowest BCUT2D eigenvalue weighted by Crippen LogP contribution is -2.37. The highest BCUT2D eigenvalue weighted by Crippen LogP contribution is 2.20. The minimum Gasteiger partial charge on any atom is -0.399 e. The Balaban J connectivity index is 2.49. The van der Waals surface area contributed by atoms with Gasteiger partial charge in [-0.2, -0.15) is 0 Å². The van der Waals surface area contributed by atoms with Crippen LogP contribution in [0.15, 0.2) is 29.2 Å². The summed E-state index contributed by atoms with van der Waals surface area (Å²) in [5, 5.41) is 0. The van der Waals surface area contributed by atoms with E-state index in [9.17, 15) is 8.42 Å². The van der Waals surface area contributed by atoms with Crippen LogP contribution in [0.25, 0.3) is 0 Å². The molecule has 2 N–H and O–H groups in total. The Morgan fingerprint density at radius 1 is 1.30 bits per heavy atom. The Bertz CT molecular complexity index is 500. The van der Waals surface area contributed by atoms with E-state index in [0.717, 1.165) is 23.4 Å². The normalized spacial score (nSPS) is 13.6. The number of anilines is 1. The van der Waals surface area contributed by atoms with E-state index in [2.05, 4.69) is 6.92 Å². The monoisotopic (exact) mass is 316 g/mol. The fourth-order valence-corrected chi connectivity index (χ4v) is 4.53. The number of sulfonamides is 1. The molecule has 0 saturated carbocycles. The van der Waals surface area contributed by atoms with E-state index in [1.807, 2.05) is 31.2 Å². The van der Waals surface area contributed by atoms with Gasteiger partial charge in [-0.1, -0.05) is 13.3 Å². The molecule has 0 saturated heterocycles. The molecular formula is C14H24N2O2S2. The minimum atomic E-state index is -3.17. The second kappa shape index (κ2) is 7.90. The third kappa shape index (κ3) is 5.34. The van der Waals surface area contributed by atoms with Gasteiger partial charge in [0.2, 0.25) is 10.0 Å². The van der Waals surface area contributed by atoms with Gasteiger partial charge in [-0.05, 0) is 37.6 Å². The van der Waals surface area contributed by atoms with Crippen LogP contribution in [0.1, 0.15) is 26.7 Å². The first kappa shape index (κ1) is 17.3. The van der Waals surface area contributed by atoms with Crippen molar-refractivity contribution in [3.05, 3.63) is 24.3 Å². The Hall–Kier alpha value is -0.720. The van der Waals surface area contributed by atoms with Gasteiger partial charge in [0.1, 0.15) is 0 Å². The Kier molecular flexibility index (Phi) is 6.85. The van der Waals surface area contributed by atoms with Gasteiger partial charge in [0, 0.05) is 29.4 Å². The van der Waals surface area contributed by atoms with Gasteiger partial charge in [-0.25, -0.2) is 12.7 Å². The number of nitrogens with zero attached hydrogens (tertiary/aromatic N) is 1. The van der Waals surface area contributed by atoms with Crippen molar-refractivity contribution >= 4 is 27.5 Å². The summed E-state index contributed by atoms with van der Waals surface area (Å²) in [5.41, 5.74) is 6.33. The summed E-state index contributed by atoms with van der Waals surface area (Å²) in [6, 6.07) is 7.54. The van der Waals surface area contributed by atoms with E-state index in [1.54, 1.807) is 7.05 Å². The van der Waals surface area contributed by atoms with E-state index in [4.69, 9.17) is 5.73 Å². The highest BCUT2D eigenvalue weighted by atomic mass is 32.2. The molecule has 6 heteroatoms. The first-order chi connectivity index (χ1) is 9.36. The molecule has 4 nitrogen and oxygen atoms in total. The fraction of sp³-hybridized carbons (Fsp3) is 0.571. The van der Waals surface area contributed by atoms with Crippen molar-refractivity contribution in [2.45, 2.75) is 37.6 Å². The molecule has 0 aromatic heterocycles. The van der Waals surface area contributed by atoms with Crippen molar-refractivity contribution < 1.29 is 8.42 Å². The molecule has 0 aliphatic carbocycles. The quantitative estimate of drug-likeness (QED) is 0.592. The molecule has 1 rings (SSSR count). The number of hydrogen-bond donors (Lipinski definition) is 1. The number of nitrogens with two attached hydrogens (primary N) is 1. The highest BCUT2D eigenvalue weighted by Gasteiger charge is 2.22. The van der Waals surface area contributed by atoms with Crippen LogP contribution in [0, 0.1) is 0 Å². The zero-order valence-corrected chi connectivity index (χ0v) is 14.0. The van der Waals surface area contributed by atoms with Gasteiger partial charge in [0.15, 0.2) is 0 Å². The molecule has 114 valence electrons. The predicted octanol–water partition coefficient (Wildman–Crippen LogP) is 2.81. The van der Waals surface area contributed by atoms with Crippen molar-refractivity contribution in [2.75, 3.05) is 24.3 Å². The lowest BCUT2D eigenvalue weighted by molar-refractivity contribution is 0.369. The summed E-state index contributed by atoms with van der Waals surface area (Å²) < 4.78 is 25.9. The first-order valence-electron chi connectivity index (χ1n) is 6.81. The molecular weight excluding hydrogens is 292 g/mol. The third-order valence-electron chi connectivity index (χ3n) is 3.26.